The van der Waals surface area contributed by atoms with Gasteiger partial charge in [0.05, 0.1) is 0 Å². The van der Waals surface area contributed by atoms with Gasteiger partial charge in [-0.1, -0.05) is 77.9 Å². The summed E-state index contributed by atoms with van der Waals surface area (Å²) < 4.78 is 0. The van der Waals surface area contributed by atoms with E-state index in [0.717, 1.165) is 6.42 Å². The van der Waals surface area contributed by atoms with Crippen molar-refractivity contribution in [2.45, 2.75) is 11.8 Å². The average Bonchev–Trinajstić information content (AvgIpc) is 2.41. The fraction of sp³-hybridized carbons (Fsp3) is 0.118. The zero-order chi connectivity index (χ0) is 12.1. The Morgan fingerprint density at radius 3 is 1.61 bits per heavy atom. The minimum atomic E-state index is -0.232. The molecule has 0 radical (unpaired) electrons. The Hall–Kier alpha value is -1.22. The predicted octanol–water partition coefficient (Wildman–Crippen LogP) is 1.39. The Bertz CT molecular complexity index is 434. The van der Waals surface area contributed by atoms with Gasteiger partial charge in [-0.15, -0.1) is 12.0 Å². The second kappa shape index (κ2) is 6.64. The molecule has 0 amide bonds. The van der Waals surface area contributed by atoms with Crippen LogP contribution in [-0.2, 0) is 5.41 Å². The standard InChI is InChI=1S/C17H17.Li/c1-3-14-17(2,15-10-6-4-7-11-15)16-12-8-5-9-13-16;/h3-13H,1-2,14H2;/q-1;+1. The molecule has 0 bridgehead atoms. The van der Waals surface area contributed by atoms with Crippen molar-refractivity contribution in [2.75, 3.05) is 0 Å². The van der Waals surface area contributed by atoms with Gasteiger partial charge in [-0.2, -0.15) is 0 Å². The summed E-state index contributed by atoms with van der Waals surface area (Å²) in [4.78, 5) is 0. The predicted molar refractivity (Wildman–Crippen MR) is 73.8 cm³/mol. The van der Waals surface area contributed by atoms with Crippen LogP contribution in [0.4, 0.5) is 0 Å². The van der Waals surface area contributed by atoms with Crippen molar-refractivity contribution in [1.82, 2.24) is 0 Å². The maximum Gasteiger partial charge on any atom is 1.00 e. The summed E-state index contributed by atoms with van der Waals surface area (Å²) in [5.74, 6) is 0. The van der Waals surface area contributed by atoms with Gasteiger partial charge in [-0.3, -0.25) is 0 Å². The zero-order valence-electron chi connectivity index (χ0n) is 11.0. The van der Waals surface area contributed by atoms with E-state index in [1.165, 1.54) is 11.1 Å². The number of hydrogen-bond acceptors (Lipinski definition) is 0. The summed E-state index contributed by atoms with van der Waals surface area (Å²) >= 11 is 0. The first-order valence-electron chi connectivity index (χ1n) is 5.84. The molecule has 0 aliphatic rings. The first kappa shape index (κ1) is 14.8. The van der Waals surface area contributed by atoms with E-state index in [1.807, 2.05) is 18.2 Å². The van der Waals surface area contributed by atoms with E-state index in [-0.39, 0.29) is 24.3 Å². The first-order valence-corrected chi connectivity index (χ1v) is 5.84. The van der Waals surface area contributed by atoms with E-state index in [1.54, 1.807) is 0 Å². The van der Waals surface area contributed by atoms with Crippen LogP contribution in [0.25, 0.3) is 0 Å². The van der Waals surface area contributed by atoms with E-state index in [2.05, 4.69) is 62.0 Å². The summed E-state index contributed by atoms with van der Waals surface area (Å²) in [6.45, 7) is 8.29. The quantitative estimate of drug-likeness (QED) is 0.421. The number of benzene rings is 2. The number of hydrogen-bond donors (Lipinski definition) is 0. The molecule has 0 fully saturated rings. The molecule has 18 heavy (non-hydrogen) atoms. The molecule has 0 heterocycles. The van der Waals surface area contributed by atoms with Crippen molar-refractivity contribution in [3.8, 4) is 0 Å². The Kier molecular flexibility index (Phi) is 5.47. The minimum Gasteiger partial charge on any atom is -0.328 e. The van der Waals surface area contributed by atoms with Crippen LogP contribution < -0.4 is 18.9 Å². The van der Waals surface area contributed by atoms with E-state index < -0.39 is 0 Å². The largest absolute Gasteiger partial charge is 1.00 e. The second-order valence-electron chi connectivity index (χ2n) is 4.31. The van der Waals surface area contributed by atoms with Gasteiger partial charge in [0.15, 0.2) is 0 Å². The fourth-order valence-electron chi connectivity index (χ4n) is 2.16. The third-order valence-corrected chi connectivity index (χ3v) is 3.15. The molecule has 0 spiro atoms. The van der Waals surface area contributed by atoms with E-state index in [0.29, 0.717) is 0 Å². The van der Waals surface area contributed by atoms with Crippen molar-refractivity contribution in [1.29, 1.82) is 0 Å². The van der Waals surface area contributed by atoms with Gasteiger partial charge in [-0.25, -0.2) is 0 Å². The summed E-state index contributed by atoms with van der Waals surface area (Å²) in [7, 11) is 0. The smallest absolute Gasteiger partial charge is 0.328 e. The van der Waals surface area contributed by atoms with E-state index in [4.69, 9.17) is 0 Å². The molecule has 0 nitrogen and oxygen atoms in total. The van der Waals surface area contributed by atoms with Crippen LogP contribution in [0.3, 0.4) is 0 Å². The fourth-order valence-corrected chi connectivity index (χ4v) is 2.16. The Morgan fingerprint density at radius 2 is 1.28 bits per heavy atom. The molecular weight excluding hydrogens is 211 g/mol. The van der Waals surface area contributed by atoms with Crippen LogP contribution in [-0.4, -0.2) is 0 Å². The van der Waals surface area contributed by atoms with Gasteiger partial charge in [-0.05, 0) is 6.42 Å². The normalized spacial score (nSPS) is 10.5. The van der Waals surface area contributed by atoms with Crippen molar-refractivity contribution in [3.63, 3.8) is 0 Å². The molecular formula is C17H17Li. The van der Waals surface area contributed by atoms with Crippen molar-refractivity contribution >= 4 is 0 Å². The molecule has 0 atom stereocenters. The monoisotopic (exact) mass is 228 g/mol. The summed E-state index contributed by atoms with van der Waals surface area (Å²) in [6.07, 6.45) is 2.77. The van der Waals surface area contributed by atoms with Gasteiger partial charge in [0.25, 0.3) is 0 Å². The molecule has 0 unspecified atom stereocenters. The number of rotatable bonds is 4. The molecule has 0 aromatic heterocycles. The molecule has 1 heteroatoms. The Morgan fingerprint density at radius 1 is 0.889 bits per heavy atom. The Labute approximate surface area is 122 Å². The SMILES string of the molecule is C=CCC([CH2-])(c1ccccc1)c1ccccc1.[Li+]. The van der Waals surface area contributed by atoms with Gasteiger partial charge < -0.3 is 6.92 Å². The van der Waals surface area contributed by atoms with Crippen LogP contribution in [0.1, 0.15) is 17.5 Å². The molecule has 2 aromatic carbocycles. The van der Waals surface area contributed by atoms with Crippen molar-refractivity contribution < 1.29 is 18.9 Å². The van der Waals surface area contributed by atoms with Gasteiger partial charge in [0.1, 0.15) is 0 Å². The summed E-state index contributed by atoms with van der Waals surface area (Å²) in [5.41, 5.74) is 2.22. The summed E-state index contributed by atoms with van der Waals surface area (Å²) in [6, 6.07) is 20.8. The van der Waals surface area contributed by atoms with Crippen molar-refractivity contribution in [2.24, 2.45) is 0 Å². The van der Waals surface area contributed by atoms with Crippen molar-refractivity contribution in [3.05, 3.63) is 91.4 Å². The topological polar surface area (TPSA) is 0 Å². The second-order valence-corrected chi connectivity index (χ2v) is 4.31. The van der Waals surface area contributed by atoms with Gasteiger partial charge >= 0.3 is 18.9 Å². The molecule has 86 valence electrons. The van der Waals surface area contributed by atoms with Crippen LogP contribution in [0.5, 0.6) is 0 Å². The van der Waals surface area contributed by atoms with E-state index >= 15 is 0 Å². The van der Waals surface area contributed by atoms with E-state index in [9.17, 15) is 0 Å². The molecule has 0 N–H and O–H groups in total. The maximum absolute atomic E-state index is 4.43. The zero-order valence-corrected chi connectivity index (χ0v) is 11.0. The van der Waals surface area contributed by atoms with Crippen LogP contribution in [0, 0.1) is 6.92 Å². The molecule has 2 aromatic rings. The molecule has 2 rings (SSSR count). The van der Waals surface area contributed by atoms with Crippen LogP contribution in [0.2, 0.25) is 0 Å². The average molecular weight is 228 g/mol. The van der Waals surface area contributed by atoms with Gasteiger partial charge in [0, 0.05) is 0 Å². The summed E-state index contributed by atoms with van der Waals surface area (Å²) in [5, 5.41) is 0. The van der Waals surface area contributed by atoms with Crippen LogP contribution in [0.15, 0.2) is 73.3 Å². The third-order valence-electron chi connectivity index (χ3n) is 3.15. The number of allylic oxidation sites excluding steroid dienone is 1. The molecule has 0 saturated carbocycles. The first-order chi connectivity index (χ1) is 8.27. The van der Waals surface area contributed by atoms with Gasteiger partial charge in [0.2, 0.25) is 0 Å². The Balaban J connectivity index is 0.00000162. The van der Waals surface area contributed by atoms with Crippen LogP contribution >= 0.6 is 0 Å². The molecule has 0 aliphatic heterocycles. The maximum atomic E-state index is 4.43. The molecule has 0 saturated heterocycles. The third kappa shape index (κ3) is 2.96. The minimum absolute atomic E-state index is 0. The molecule has 0 aliphatic carbocycles.